The maximum absolute atomic E-state index is 13.9. The molecule has 1 aliphatic heterocycles. The summed E-state index contributed by atoms with van der Waals surface area (Å²) in [6.07, 6.45) is 1.81. The van der Waals surface area contributed by atoms with Gasteiger partial charge in [0.1, 0.15) is 17.2 Å². The molecule has 1 fully saturated rings. The summed E-state index contributed by atoms with van der Waals surface area (Å²) in [7, 11) is 1.60. The van der Waals surface area contributed by atoms with Gasteiger partial charge in [-0.25, -0.2) is 8.78 Å². The van der Waals surface area contributed by atoms with E-state index in [1.165, 1.54) is 17.9 Å². The molecule has 19 heavy (non-hydrogen) atoms. The van der Waals surface area contributed by atoms with E-state index in [-0.39, 0.29) is 11.6 Å². The second-order valence-electron chi connectivity index (χ2n) is 4.97. The van der Waals surface area contributed by atoms with Crippen molar-refractivity contribution >= 4 is 5.91 Å². The minimum Gasteiger partial charge on any atom is -0.337 e. The van der Waals surface area contributed by atoms with Gasteiger partial charge in [0.15, 0.2) is 0 Å². The number of rotatable bonds is 2. The van der Waals surface area contributed by atoms with Crippen LogP contribution in [-0.4, -0.2) is 37.0 Å². The van der Waals surface area contributed by atoms with Crippen LogP contribution in [0.1, 0.15) is 28.8 Å². The molecular weight excluding hydrogens is 250 g/mol. The molecule has 0 bridgehead atoms. The topological polar surface area (TPSA) is 32.3 Å². The van der Waals surface area contributed by atoms with E-state index in [0.717, 1.165) is 25.5 Å². The second-order valence-corrected chi connectivity index (χ2v) is 4.97. The Kier molecular flexibility index (Phi) is 4.14. The number of halogens is 2. The standard InChI is InChI=1S/C14H18F2N2O/c1-9-5-6-11(15)12(13(9)16)14(19)18(2)10-4-3-7-17-8-10/h5-6,10,17H,3-4,7-8H2,1-2H3. The van der Waals surface area contributed by atoms with Gasteiger partial charge in [-0.3, -0.25) is 4.79 Å². The highest BCUT2D eigenvalue weighted by molar-refractivity contribution is 5.95. The molecule has 0 spiro atoms. The van der Waals surface area contributed by atoms with E-state index in [9.17, 15) is 13.6 Å². The Morgan fingerprint density at radius 2 is 2.16 bits per heavy atom. The van der Waals surface area contributed by atoms with Crippen molar-refractivity contribution < 1.29 is 13.6 Å². The molecule has 1 aromatic rings. The second kappa shape index (κ2) is 5.65. The van der Waals surface area contributed by atoms with Crippen molar-refractivity contribution in [2.24, 2.45) is 0 Å². The molecule has 5 heteroatoms. The Hall–Kier alpha value is -1.49. The summed E-state index contributed by atoms with van der Waals surface area (Å²) >= 11 is 0. The van der Waals surface area contributed by atoms with Gasteiger partial charge in [0.25, 0.3) is 5.91 Å². The van der Waals surface area contributed by atoms with Crippen LogP contribution < -0.4 is 5.32 Å². The van der Waals surface area contributed by atoms with Crippen molar-refractivity contribution in [3.63, 3.8) is 0 Å². The number of hydrogen-bond donors (Lipinski definition) is 1. The van der Waals surface area contributed by atoms with Gasteiger partial charge in [-0.1, -0.05) is 6.07 Å². The molecule has 1 unspecified atom stereocenters. The Morgan fingerprint density at radius 3 is 2.79 bits per heavy atom. The molecule has 0 aliphatic carbocycles. The monoisotopic (exact) mass is 268 g/mol. The lowest BCUT2D eigenvalue weighted by Crippen LogP contribution is -2.47. The molecule has 104 valence electrons. The van der Waals surface area contributed by atoms with Crippen LogP contribution >= 0.6 is 0 Å². The van der Waals surface area contributed by atoms with Gasteiger partial charge in [0, 0.05) is 19.6 Å². The van der Waals surface area contributed by atoms with Crippen LogP contribution in [0.15, 0.2) is 12.1 Å². The average Bonchev–Trinajstić information content (AvgIpc) is 2.43. The van der Waals surface area contributed by atoms with E-state index in [1.807, 2.05) is 0 Å². The Labute approximate surface area is 111 Å². The van der Waals surface area contributed by atoms with Crippen molar-refractivity contribution in [1.82, 2.24) is 10.2 Å². The van der Waals surface area contributed by atoms with Gasteiger partial charge in [-0.05, 0) is 37.9 Å². The first-order chi connectivity index (χ1) is 9.02. The number of carbonyl (C=O) groups excluding carboxylic acids is 1. The highest BCUT2D eigenvalue weighted by atomic mass is 19.1. The minimum atomic E-state index is -0.802. The van der Waals surface area contributed by atoms with Crippen LogP contribution in [0.4, 0.5) is 8.78 Å². The molecule has 0 radical (unpaired) electrons. The largest absolute Gasteiger partial charge is 0.337 e. The molecule has 1 heterocycles. The summed E-state index contributed by atoms with van der Waals surface area (Å²) < 4.78 is 27.6. The zero-order chi connectivity index (χ0) is 14.0. The van der Waals surface area contributed by atoms with Gasteiger partial charge in [0.2, 0.25) is 0 Å². The third-order valence-corrected chi connectivity index (χ3v) is 3.64. The molecule has 1 saturated heterocycles. The van der Waals surface area contributed by atoms with Crippen molar-refractivity contribution in [3.05, 3.63) is 34.9 Å². The maximum atomic E-state index is 13.9. The Balaban J connectivity index is 2.26. The van der Waals surface area contributed by atoms with Crippen LogP contribution in [0.3, 0.4) is 0 Å². The molecule has 1 atom stereocenters. The molecule has 3 nitrogen and oxygen atoms in total. The molecule has 2 rings (SSSR count). The molecule has 0 saturated carbocycles. The van der Waals surface area contributed by atoms with Gasteiger partial charge in [-0.15, -0.1) is 0 Å². The highest BCUT2D eigenvalue weighted by Crippen LogP contribution is 2.20. The smallest absolute Gasteiger partial charge is 0.259 e. The number of amides is 1. The molecular formula is C14H18F2N2O. The molecule has 0 aromatic heterocycles. The first kappa shape index (κ1) is 13.9. The lowest BCUT2D eigenvalue weighted by Gasteiger charge is -2.32. The molecule has 1 amide bonds. The number of aryl methyl sites for hydroxylation is 1. The lowest BCUT2D eigenvalue weighted by molar-refractivity contribution is 0.0698. The Morgan fingerprint density at radius 1 is 1.42 bits per heavy atom. The summed E-state index contributed by atoms with van der Waals surface area (Å²) in [6.45, 7) is 3.11. The maximum Gasteiger partial charge on any atom is 0.259 e. The SMILES string of the molecule is Cc1ccc(F)c(C(=O)N(C)C2CCCNC2)c1F. The van der Waals surface area contributed by atoms with Crippen LogP contribution in [0.5, 0.6) is 0 Å². The van der Waals surface area contributed by atoms with Crippen molar-refractivity contribution in [3.8, 4) is 0 Å². The van der Waals surface area contributed by atoms with E-state index >= 15 is 0 Å². The fourth-order valence-corrected chi connectivity index (χ4v) is 2.36. The third kappa shape index (κ3) is 2.76. The van der Waals surface area contributed by atoms with Gasteiger partial charge < -0.3 is 10.2 Å². The van der Waals surface area contributed by atoms with E-state index in [4.69, 9.17) is 0 Å². The number of nitrogens with zero attached hydrogens (tertiary/aromatic N) is 1. The predicted molar refractivity (Wildman–Crippen MR) is 69.1 cm³/mol. The van der Waals surface area contributed by atoms with Gasteiger partial charge in [0.05, 0.1) is 0 Å². The highest BCUT2D eigenvalue weighted by Gasteiger charge is 2.27. The van der Waals surface area contributed by atoms with E-state index in [1.54, 1.807) is 7.05 Å². The van der Waals surface area contributed by atoms with E-state index in [2.05, 4.69) is 5.32 Å². The number of benzene rings is 1. The summed E-state index contributed by atoms with van der Waals surface area (Å²) in [5.41, 5.74) is -0.173. The van der Waals surface area contributed by atoms with E-state index in [0.29, 0.717) is 6.54 Å². The summed E-state index contributed by atoms with van der Waals surface area (Å²) in [6, 6.07) is 2.46. The van der Waals surface area contributed by atoms with Crippen molar-refractivity contribution in [2.75, 3.05) is 20.1 Å². The average molecular weight is 268 g/mol. The fraction of sp³-hybridized carbons (Fsp3) is 0.500. The third-order valence-electron chi connectivity index (χ3n) is 3.64. The zero-order valence-corrected chi connectivity index (χ0v) is 11.2. The normalized spacial score (nSPS) is 19.3. The first-order valence-electron chi connectivity index (χ1n) is 6.45. The van der Waals surface area contributed by atoms with Crippen molar-refractivity contribution in [2.45, 2.75) is 25.8 Å². The predicted octanol–water partition coefficient (Wildman–Crippen LogP) is 2.10. The van der Waals surface area contributed by atoms with E-state index < -0.39 is 23.1 Å². The van der Waals surface area contributed by atoms with Crippen LogP contribution in [0.2, 0.25) is 0 Å². The molecule has 1 aliphatic rings. The van der Waals surface area contributed by atoms with Gasteiger partial charge in [-0.2, -0.15) is 0 Å². The number of nitrogens with one attached hydrogen (secondary N) is 1. The summed E-state index contributed by atoms with van der Waals surface area (Å²) in [5.74, 6) is -2.16. The molecule has 1 N–H and O–H groups in total. The zero-order valence-electron chi connectivity index (χ0n) is 11.2. The number of hydrogen-bond acceptors (Lipinski definition) is 2. The van der Waals surface area contributed by atoms with Crippen molar-refractivity contribution in [1.29, 1.82) is 0 Å². The minimum absolute atomic E-state index is 0.0134. The Bertz CT molecular complexity index is 485. The molecule has 1 aromatic carbocycles. The quantitative estimate of drug-likeness (QED) is 0.891. The van der Waals surface area contributed by atoms with Crippen LogP contribution in [0.25, 0.3) is 0 Å². The van der Waals surface area contributed by atoms with Crippen LogP contribution in [0, 0.1) is 18.6 Å². The number of piperidine rings is 1. The lowest BCUT2D eigenvalue weighted by atomic mass is 10.0. The number of likely N-dealkylation sites (N-methyl/N-ethyl adjacent to an activating group) is 1. The van der Waals surface area contributed by atoms with Gasteiger partial charge >= 0.3 is 0 Å². The van der Waals surface area contributed by atoms with Crippen LogP contribution in [-0.2, 0) is 0 Å². The summed E-state index contributed by atoms with van der Waals surface area (Å²) in [5, 5.41) is 3.18. The summed E-state index contributed by atoms with van der Waals surface area (Å²) in [4.78, 5) is 13.7. The number of carbonyl (C=O) groups is 1. The fourth-order valence-electron chi connectivity index (χ4n) is 2.36. The first-order valence-corrected chi connectivity index (χ1v) is 6.45.